The molecule has 0 bridgehead atoms. The molecule has 0 fully saturated rings. The molecule has 0 N–H and O–H groups in total. The largest absolute Gasteiger partial charge is 0.316 e. The Hall–Kier alpha value is -7.88. The van der Waals surface area contributed by atoms with Gasteiger partial charge in [-0.25, -0.2) is 0 Å². The molecule has 3 nitrogen and oxygen atoms in total. The van der Waals surface area contributed by atoms with Crippen molar-refractivity contribution in [2.75, 3.05) is 4.90 Å². The first-order valence-electron chi connectivity index (χ1n) is 20.2. The number of para-hydroxylation sites is 2. The minimum Gasteiger partial charge on any atom is -0.316 e. The van der Waals surface area contributed by atoms with Gasteiger partial charge in [0.15, 0.2) is 0 Å². The summed E-state index contributed by atoms with van der Waals surface area (Å²) in [7, 11) is 0. The summed E-state index contributed by atoms with van der Waals surface area (Å²) < 4.78 is 4.73. The van der Waals surface area contributed by atoms with E-state index in [4.69, 9.17) is 0 Å². The van der Waals surface area contributed by atoms with E-state index in [-0.39, 0.29) is 0 Å². The molecule has 11 aromatic rings. The number of anilines is 3. The van der Waals surface area contributed by atoms with Crippen LogP contribution in [-0.4, -0.2) is 9.13 Å². The van der Waals surface area contributed by atoms with Crippen LogP contribution in [0, 0.1) is 0 Å². The molecule has 0 spiro atoms. The maximum absolute atomic E-state index is 2.38. The Morgan fingerprint density at radius 2 is 0.746 bits per heavy atom. The number of fused-ring (bicyclic) bond motifs is 5. The second kappa shape index (κ2) is 14.6. The highest BCUT2D eigenvalue weighted by Crippen LogP contribution is 2.40. The van der Waals surface area contributed by atoms with E-state index in [9.17, 15) is 0 Å². The second-order valence-corrected chi connectivity index (χ2v) is 15.0. The van der Waals surface area contributed by atoms with E-state index in [1.54, 1.807) is 0 Å². The van der Waals surface area contributed by atoms with Gasteiger partial charge in [-0.1, -0.05) is 152 Å². The van der Waals surface area contributed by atoms with Crippen molar-refractivity contribution >= 4 is 49.8 Å². The molecule has 9 aromatic carbocycles. The molecule has 59 heavy (non-hydrogen) atoms. The standard InChI is InChI=1S/C56H39N3/c1-4-12-40(13-5-1)42-22-31-49(32-23-42)58(50-33-24-43(25-34-50)41-14-6-2-7-15-41)51-35-26-45(27-36-51)44-20-29-47(30-21-44)57-39-38-46-28-37-54-55(56(46)57)52-18-10-11-19-53(52)59(54)48-16-8-3-9-17-48/h1-39H. The van der Waals surface area contributed by atoms with Crippen LogP contribution in [0.3, 0.4) is 0 Å². The summed E-state index contributed by atoms with van der Waals surface area (Å²) in [4.78, 5) is 2.34. The molecule has 0 aliphatic carbocycles. The third-order valence-electron chi connectivity index (χ3n) is 11.6. The van der Waals surface area contributed by atoms with Crippen molar-refractivity contribution in [3.8, 4) is 44.8 Å². The lowest BCUT2D eigenvalue weighted by molar-refractivity contribution is 1.13. The van der Waals surface area contributed by atoms with Crippen LogP contribution in [0.2, 0.25) is 0 Å². The second-order valence-electron chi connectivity index (χ2n) is 15.0. The number of rotatable bonds is 8. The Bertz CT molecular complexity index is 3120. The highest BCUT2D eigenvalue weighted by atomic mass is 15.1. The maximum Gasteiger partial charge on any atom is 0.0628 e. The van der Waals surface area contributed by atoms with Crippen LogP contribution in [0.4, 0.5) is 17.1 Å². The lowest BCUT2D eigenvalue weighted by atomic mass is 10.0. The smallest absolute Gasteiger partial charge is 0.0628 e. The summed E-state index contributed by atoms with van der Waals surface area (Å²) in [5.74, 6) is 0. The third kappa shape index (κ3) is 6.17. The van der Waals surface area contributed by atoms with Gasteiger partial charge in [-0.05, 0) is 112 Å². The first-order valence-corrected chi connectivity index (χ1v) is 20.2. The minimum absolute atomic E-state index is 1.10. The molecular formula is C56H39N3. The number of benzene rings is 9. The van der Waals surface area contributed by atoms with Gasteiger partial charge in [0, 0.05) is 50.8 Å². The molecule has 0 aliphatic rings. The van der Waals surface area contributed by atoms with Gasteiger partial charge in [0.1, 0.15) is 0 Å². The minimum atomic E-state index is 1.10. The number of hydrogen-bond donors (Lipinski definition) is 0. The molecule has 0 atom stereocenters. The fraction of sp³-hybridized carbons (Fsp3) is 0. The van der Waals surface area contributed by atoms with Crippen LogP contribution in [-0.2, 0) is 0 Å². The molecule has 3 heteroatoms. The molecule has 2 aromatic heterocycles. The summed E-state index contributed by atoms with van der Waals surface area (Å²) in [6.07, 6.45) is 2.20. The van der Waals surface area contributed by atoms with E-state index < -0.39 is 0 Å². The van der Waals surface area contributed by atoms with Gasteiger partial charge in [0.05, 0.1) is 16.6 Å². The Morgan fingerprint density at radius 1 is 0.305 bits per heavy atom. The molecule has 0 saturated carbocycles. The van der Waals surface area contributed by atoms with Crippen LogP contribution in [0.1, 0.15) is 0 Å². The third-order valence-corrected chi connectivity index (χ3v) is 11.6. The van der Waals surface area contributed by atoms with Gasteiger partial charge in [0.25, 0.3) is 0 Å². The van der Waals surface area contributed by atoms with Gasteiger partial charge in [-0.15, -0.1) is 0 Å². The average molecular weight is 754 g/mol. The average Bonchev–Trinajstić information content (AvgIpc) is 3.90. The van der Waals surface area contributed by atoms with Crippen LogP contribution in [0.15, 0.2) is 237 Å². The lowest BCUT2D eigenvalue weighted by Gasteiger charge is -2.26. The quantitative estimate of drug-likeness (QED) is 0.151. The van der Waals surface area contributed by atoms with E-state index in [1.807, 2.05) is 0 Å². The van der Waals surface area contributed by atoms with E-state index in [0.29, 0.717) is 0 Å². The van der Waals surface area contributed by atoms with Gasteiger partial charge in [0.2, 0.25) is 0 Å². The highest BCUT2D eigenvalue weighted by molar-refractivity contribution is 6.20. The molecule has 0 saturated heterocycles. The van der Waals surface area contributed by atoms with Crippen molar-refractivity contribution in [3.63, 3.8) is 0 Å². The number of aromatic nitrogens is 2. The predicted octanol–water partition coefficient (Wildman–Crippen LogP) is 15.2. The number of nitrogens with zero attached hydrogens (tertiary/aromatic N) is 3. The highest BCUT2D eigenvalue weighted by Gasteiger charge is 2.18. The van der Waals surface area contributed by atoms with E-state index in [1.165, 1.54) is 66.1 Å². The first-order chi connectivity index (χ1) is 29.3. The van der Waals surface area contributed by atoms with Gasteiger partial charge in [-0.3, -0.25) is 0 Å². The lowest BCUT2D eigenvalue weighted by Crippen LogP contribution is -2.09. The summed E-state index contributed by atoms with van der Waals surface area (Å²) in [6, 6.07) is 82.9. The zero-order valence-corrected chi connectivity index (χ0v) is 32.4. The Labute approximate surface area is 343 Å². The summed E-state index contributed by atoms with van der Waals surface area (Å²) in [6.45, 7) is 0. The van der Waals surface area contributed by atoms with E-state index in [2.05, 4.69) is 251 Å². The van der Waals surface area contributed by atoms with E-state index >= 15 is 0 Å². The monoisotopic (exact) mass is 753 g/mol. The molecule has 11 rings (SSSR count). The van der Waals surface area contributed by atoms with Crippen molar-refractivity contribution in [2.24, 2.45) is 0 Å². The first kappa shape index (κ1) is 34.4. The van der Waals surface area contributed by atoms with Crippen molar-refractivity contribution in [3.05, 3.63) is 237 Å². The van der Waals surface area contributed by atoms with Crippen molar-refractivity contribution in [2.45, 2.75) is 0 Å². The topological polar surface area (TPSA) is 13.1 Å². The van der Waals surface area contributed by atoms with Crippen LogP contribution < -0.4 is 4.90 Å². The predicted molar refractivity (Wildman–Crippen MR) is 249 cm³/mol. The van der Waals surface area contributed by atoms with Crippen molar-refractivity contribution < 1.29 is 0 Å². The van der Waals surface area contributed by atoms with Gasteiger partial charge in [-0.2, -0.15) is 0 Å². The Morgan fingerprint density at radius 3 is 1.27 bits per heavy atom. The van der Waals surface area contributed by atoms with E-state index in [0.717, 1.165) is 28.4 Å². The zero-order chi connectivity index (χ0) is 39.1. The zero-order valence-electron chi connectivity index (χ0n) is 32.4. The maximum atomic E-state index is 2.38. The summed E-state index contributed by atoms with van der Waals surface area (Å²) >= 11 is 0. The molecule has 2 heterocycles. The SMILES string of the molecule is c1ccc(-c2ccc(N(c3ccc(-c4ccccc4)cc3)c3ccc(-c4ccc(-n5ccc6ccc7c(c8ccccc8n7-c7ccccc7)c65)cc4)cc3)cc2)cc1. The van der Waals surface area contributed by atoms with Gasteiger partial charge < -0.3 is 14.0 Å². The fourth-order valence-corrected chi connectivity index (χ4v) is 8.68. The number of hydrogen-bond acceptors (Lipinski definition) is 1. The van der Waals surface area contributed by atoms with Gasteiger partial charge >= 0.3 is 0 Å². The summed E-state index contributed by atoms with van der Waals surface area (Å²) in [5, 5.41) is 3.74. The van der Waals surface area contributed by atoms with Crippen molar-refractivity contribution in [1.82, 2.24) is 9.13 Å². The van der Waals surface area contributed by atoms with Crippen LogP contribution in [0.5, 0.6) is 0 Å². The summed E-state index contributed by atoms with van der Waals surface area (Å²) in [5.41, 5.74) is 16.4. The molecule has 0 radical (unpaired) electrons. The van der Waals surface area contributed by atoms with Crippen molar-refractivity contribution in [1.29, 1.82) is 0 Å². The molecule has 0 amide bonds. The molecule has 0 aliphatic heterocycles. The van der Waals surface area contributed by atoms with Crippen LogP contribution >= 0.6 is 0 Å². The normalized spacial score (nSPS) is 11.4. The Kier molecular flexibility index (Phi) is 8.49. The molecule has 278 valence electrons. The molecular weight excluding hydrogens is 715 g/mol. The fourth-order valence-electron chi connectivity index (χ4n) is 8.68. The molecule has 0 unspecified atom stereocenters. The Balaban J connectivity index is 0.938. The van der Waals surface area contributed by atoms with Crippen LogP contribution in [0.25, 0.3) is 77.5 Å².